The van der Waals surface area contributed by atoms with Crippen LogP contribution in [0.4, 0.5) is 0 Å². The van der Waals surface area contributed by atoms with E-state index in [9.17, 15) is 4.79 Å². The van der Waals surface area contributed by atoms with Gasteiger partial charge in [-0.2, -0.15) is 0 Å². The predicted molar refractivity (Wildman–Crippen MR) is 94.7 cm³/mol. The lowest BCUT2D eigenvalue weighted by Crippen LogP contribution is -2.52. The molecule has 1 aromatic rings. The van der Waals surface area contributed by atoms with Crippen LogP contribution in [0.15, 0.2) is 30.3 Å². The van der Waals surface area contributed by atoms with Crippen molar-refractivity contribution in [3.8, 4) is 0 Å². The fourth-order valence-corrected chi connectivity index (χ4v) is 3.40. The van der Waals surface area contributed by atoms with E-state index in [2.05, 4.69) is 34.5 Å². The van der Waals surface area contributed by atoms with E-state index in [0.717, 1.165) is 32.4 Å². The van der Waals surface area contributed by atoms with Crippen LogP contribution < -0.4 is 5.32 Å². The lowest BCUT2D eigenvalue weighted by Gasteiger charge is -2.40. The Kier molecular flexibility index (Phi) is 8.22. The van der Waals surface area contributed by atoms with Crippen molar-refractivity contribution >= 4 is 5.91 Å². The number of hydrogen-bond donors (Lipinski definition) is 1. The Morgan fingerprint density at radius 2 is 2.04 bits per heavy atom. The third kappa shape index (κ3) is 5.58. The van der Waals surface area contributed by atoms with Crippen LogP contribution in [0.3, 0.4) is 0 Å². The molecule has 1 aliphatic rings. The molecule has 1 fully saturated rings. The van der Waals surface area contributed by atoms with Crippen LogP contribution in [-0.2, 0) is 20.8 Å². The second-order valence-corrected chi connectivity index (χ2v) is 6.36. The number of carbonyl (C=O) groups is 1. The van der Waals surface area contributed by atoms with Gasteiger partial charge in [-0.1, -0.05) is 30.3 Å². The van der Waals surface area contributed by atoms with Gasteiger partial charge >= 0.3 is 0 Å². The lowest BCUT2D eigenvalue weighted by molar-refractivity contribution is -0.130. The Morgan fingerprint density at radius 3 is 2.75 bits per heavy atom. The lowest BCUT2D eigenvalue weighted by atomic mass is 9.88. The highest BCUT2D eigenvalue weighted by Crippen LogP contribution is 2.26. The average molecular weight is 334 g/mol. The van der Waals surface area contributed by atoms with Gasteiger partial charge in [-0.05, 0) is 31.4 Å². The molecule has 0 spiro atoms. The summed E-state index contributed by atoms with van der Waals surface area (Å²) in [6, 6.07) is 10.6. The Morgan fingerprint density at radius 1 is 1.25 bits per heavy atom. The van der Waals surface area contributed by atoms with Gasteiger partial charge in [-0.3, -0.25) is 9.69 Å². The Labute approximate surface area is 145 Å². The molecule has 5 heteroatoms. The normalized spacial score (nSPS) is 21.6. The van der Waals surface area contributed by atoms with Crippen molar-refractivity contribution in [2.75, 3.05) is 40.5 Å². The van der Waals surface area contributed by atoms with Gasteiger partial charge in [0.15, 0.2) is 0 Å². The summed E-state index contributed by atoms with van der Waals surface area (Å²) in [6.07, 6.45) is 2.82. The van der Waals surface area contributed by atoms with Crippen LogP contribution in [0.5, 0.6) is 0 Å². The number of amides is 1. The number of nitrogens with zero attached hydrogens (tertiary/aromatic N) is 1. The van der Waals surface area contributed by atoms with Crippen molar-refractivity contribution in [2.45, 2.75) is 31.8 Å². The van der Waals surface area contributed by atoms with Crippen LogP contribution in [0.2, 0.25) is 0 Å². The van der Waals surface area contributed by atoms with Gasteiger partial charge in [0.1, 0.15) is 0 Å². The largest absolute Gasteiger partial charge is 0.385 e. The summed E-state index contributed by atoms with van der Waals surface area (Å²) in [5, 5.41) is 3.06. The molecule has 1 aliphatic heterocycles. The molecule has 1 aromatic carbocycles. The number of carbonyl (C=O) groups excluding carboxylic acids is 1. The molecule has 134 valence electrons. The summed E-state index contributed by atoms with van der Waals surface area (Å²) in [5.41, 5.74) is 1.28. The van der Waals surface area contributed by atoms with Gasteiger partial charge in [-0.15, -0.1) is 0 Å². The second-order valence-electron chi connectivity index (χ2n) is 6.36. The van der Waals surface area contributed by atoms with Crippen molar-refractivity contribution in [1.29, 1.82) is 0 Å². The molecule has 0 aromatic heterocycles. The summed E-state index contributed by atoms with van der Waals surface area (Å²) in [6.45, 7) is 3.80. The van der Waals surface area contributed by atoms with E-state index in [1.807, 2.05) is 6.07 Å². The number of likely N-dealkylation sites (tertiary alicyclic amines) is 1. The number of rotatable bonds is 9. The molecular formula is C19H30N2O3. The zero-order chi connectivity index (χ0) is 17.2. The Bertz CT molecular complexity index is 481. The van der Waals surface area contributed by atoms with Crippen molar-refractivity contribution in [1.82, 2.24) is 10.2 Å². The first-order valence-corrected chi connectivity index (χ1v) is 8.79. The topological polar surface area (TPSA) is 50.8 Å². The van der Waals surface area contributed by atoms with Crippen LogP contribution in [-0.4, -0.2) is 57.4 Å². The number of ether oxygens (including phenoxy) is 2. The van der Waals surface area contributed by atoms with Crippen LogP contribution in [0, 0.1) is 5.92 Å². The van der Waals surface area contributed by atoms with E-state index in [1.165, 1.54) is 5.56 Å². The van der Waals surface area contributed by atoms with E-state index in [-0.39, 0.29) is 17.9 Å². The van der Waals surface area contributed by atoms with Crippen molar-refractivity contribution < 1.29 is 14.3 Å². The molecule has 1 saturated heterocycles. The summed E-state index contributed by atoms with van der Waals surface area (Å²) >= 11 is 0. The highest BCUT2D eigenvalue weighted by atomic mass is 16.5. The molecule has 2 rings (SSSR count). The van der Waals surface area contributed by atoms with Gasteiger partial charge in [0, 0.05) is 40.0 Å². The first-order valence-electron chi connectivity index (χ1n) is 8.79. The molecular weight excluding hydrogens is 304 g/mol. The van der Waals surface area contributed by atoms with Crippen molar-refractivity contribution in [2.24, 2.45) is 5.92 Å². The van der Waals surface area contributed by atoms with Crippen LogP contribution in [0.1, 0.15) is 24.8 Å². The van der Waals surface area contributed by atoms with E-state index in [0.29, 0.717) is 19.8 Å². The standard InChI is InChI=1S/C19H30N2O3/c1-23-13-7-11-20-19(22)17-10-6-12-21(18(17)15-24-2)14-16-8-4-3-5-9-16/h3-5,8-9,17-18H,6-7,10-15H2,1-2H3,(H,20,22)/t17-,18-/m1/s1. The summed E-state index contributed by atoms with van der Waals surface area (Å²) in [5.74, 6) is 0.135. The van der Waals surface area contributed by atoms with Crippen LogP contribution >= 0.6 is 0 Å². The molecule has 2 atom stereocenters. The first kappa shape index (κ1) is 18.9. The van der Waals surface area contributed by atoms with Gasteiger partial charge in [-0.25, -0.2) is 0 Å². The molecule has 24 heavy (non-hydrogen) atoms. The molecule has 5 nitrogen and oxygen atoms in total. The number of benzene rings is 1. The molecule has 0 radical (unpaired) electrons. The van der Waals surface area contributed by atoms with Gasteiger partial charge in [0.25, 0.3) is 0 Å². The molecule has 0 aliphatic carbocycles. The third-order valence-corrected chi connectivity index (χ3v) is 4.62. The maximum Gasteiger partial charge on any atom is 0.224 e. The van der Waals surface area contributed by atoms with E-state index >= 15 is 0 Å². The van der Waals surface area contributed by atoms with Crippen molar-refractivity contribution in [3.63, 3.8) is 0 Å². The first-order chi connectivity index (χ1) is 11.8. The zero-order valence-corrected chi connectivity index (χ0v) is 14.9. The number of hydrogen-bond acceptors (Lipinski definition) is 4. The van der Waals surface area contributed by atoms with E-state index in [1.54, 1.807) is 14.2 Å². The molecule has 1 N–H and O–H groups in total. The van der Waals surface area contributed by atoms with Gasteiger partial charge in [0.2, 0.25) is 5.91 Å². The zero-order valence-electron chi connectivity index (χ0n) is 14.9. The minimum absolute atomic E-state index is 0.00930. The molecule has 0 unspecified atom stereocenters. The summed E-state index contributed by atoms with van der Waals surface area (Å²) in [4.78, 5) is 15.0. The Hall–Kier alpha value is -1.43. The van der Waals surface area contributed by atoms with Gasteiger partial charge in [0.05, 0.1) is 12.5 Å². The summed E-state index contributed by atoms with van der Waals surface area (Å²) in [7, 11) is 3.39. The summed E-state index contributed by atoms with van der Waals surface area (Å²) < 4.78 is 10.5. The maximum absolute atomic E-state index is 12.6. The highest BCUT2D eigenvalue weighted by molar-refractivity contribution is 5.79. The molecule has 0 saturated carbocycles. The second kappa shape index (κ2) is 10.4. The van der Waals surface area contributed by atoms with E-state index < -0.39 is 0 Å². The average Bonchev–Trinajstić information content (AvgIpc) is 2.61. The predicted octanol–water partition coefficient (Wildman–Crippen LogP) is 2.07. The minimum atomic E-state index is -0.00930. The van der Waals surface area contributed by atoms with Gasteiger partial charge < -0.3 is 14.8 Å². The fourth-order valence-electron chi connectivity index (χ4n) is 3.40. The molecule has 1 heterocycles. The number of nitrogens with one attached hydrogen (secondary N) is 1. The molecule has 1 amide bonds. The third-order valence-electron chi connectivity index (χ3n) is 4.62. The Balaban J connectivity index is 1.97. The highest BCUT2D eigenvalue weighted by Gasteiger charge is 2.35. The smallest absolute Gasteiger partial charge is 0.224 e. The minimum Gasteiger partial charge on any atom is -0.385 e. The molecule has 0 bridgehead atoms. The van der Waals surface area contributed by atoms with E-state index in [4.69, 9.17) is 9.47 Å². The number of piperidine rings is 1. The fraction of sp³-hybridized carbons (Fsp3) is 0.632. The monoisotopic (exact) mass is 334 g/mol. The van der Waals surface area contributed by atoms with Crippen molar-refractivity contribution in [3.05, 3.63) is 35.9 Å². The maximum atomic E-state index is 12.6. The quantitative estimate of drug-likeness (QED) is 0.703. The SMILES string of the molecule is COCCCNC(=O)[C@@H]1CCCN(Cc2ccccc2)[C@@H]1COC. The number of methoxy groups -OCH3 is 2. The van der Waals surface area contributed by atoms with Crippen LogP contribution in [0.25, 0.3) is 0 Å².